The molecule has 0 radical (unpaired) electrons. The minimum absolute atomic E-state index is 0.0138. The Bertz CT molecular complexity index is 1010. The maximum absolute atomic E-state index is 12.9. The van der Waals surface area contributed by atoms with E-state index in [2.05, 4.69) is 20.1 Å². The third kappa shape index (κ3) is 12.8. The molecule has 5 heteroatoms. The number of aliphatic carboxylic acids is 1. The number of ether oxygens (including phenoxy) is 2. The van der Waals surface area contributed by atoms with Gasteiger partial charge in [-0.3, -0.25) is 9.59 Å². The average Bonchev–Trinajstić information content (AvgIpc) is 2.90. The Balaban J connectivity index is 0.00000255. The fourth-order valence-electron chi connectivity index (χ4n) is 3.57. The number of rotatable bonds is 14. The summed E-state index contributed by atoms with van der Waals surface area (Å²) in [5, 5.41) is 8.86. The van der Waals surface area contributed by atoms with Crippen LogP contribution in [-0.2, 0) is 17.6 Å². The third-order valence-electron chi connectivity index (χ3n) is 5.66. The molecule has 0 aliphatic carbocycles. The highest BCUT2D eigenvalue weighted by molar-refractivity contribution is 6.01. The molecule has 0 saturated heterocycles. The maximum Gasteiger partial charge on any atom is 0.303 e. The molecule has 2 unspecified atom stereocenters. The number of allylic oxidation sites excluding steroid dienone is 2. The van der Waals surface area contributed by atoms with Gasteiger partial charge in [0.2, 0.25) is 0 Å². The normalized spacial score (nSPS) is 11.4. The zero-order valence-corrected chi connectivity index (χ0v) is 24.5. The topological polar surface area (TPSA) is 72.8 Å². The van der Waals surface area contributed by atoms with Crippen molar-refractivity contribution in [2.45, 2.75) is 86.7 Å². The van der Waals surface area contributed by atoms with Gasteiger partial charge in [-0.25, -0.2) is 0 Å². The second-order valence-electron chi connectivity index (χ2n) is 8.93. The minimum atomic E-state index is -0.799. The Morgan fingerprint density at radius 1 is 1.05 bits per heavy atom. The number of ketones is 1. The van der Waals surface area contributed by atoms with E-state index in [9.17, 15) is 9.59 Å². The standard InChI is InChI=1S/C28H36O5.C3H6.C2H6/c1-6-8-22-9-13-26(25(18-22)28(31)19(3)7-2)33-21(5)15-16-32-24-12-10-23(20(4)17-24)11-14-27(29)30;1-3-2;1-2/h7,9-10,12-13,17-19,21H,2,6,8,11,14-16H2,1,3-5H3,(H,29,30);3H,1H2,2H3;1-2H3. The van der Waals surface area contributed by atoms with E-state index in [1.165, 1.54) is 0 Å². The molecule has 0 aromatic heterocycles. The highest BCUT2D eigenvalue weighted by Gasteiger charge is 2.19. The number of carbonyl (C=O) groups is 2. The third-order valence-corrected chi connectivity index (χ3v) is 5.66. The number of hydrogen-bond acceptors (Lipinski definition) is 4. The zero-order valence-electron chi connectivity index (χ0n) is 24.5. The molecule has 2 aromatic rings. The molecule has 1 N–H and O–H groups in total. The monoisotopic (exact) mass is 524 g/mol. The fourth-order valence-corrected chi connectivity index (χ4v) is 3.57. The van der Waals surface area contributed by atoms with Crippen LogP contribution in [-0.4, -0.2) is 29.6 Å². The van der Waals surface area contributed by atoms with E-state index >= 15 is 0 Å². The summed E-state index contributed by atoms with van der Waals surface area (Å²) in [6.07, 6.45) is 6.48. The maximum atomic E-state index is 12.9. The molecule has 2 rings (SSSR count). The number of carboxylic acid groups (broad SMARTS) is 1. The van der Waals surface area contributed by atoms with Crippen LogP contribution in [0.5, 0.6) is 11.5 Å². The Labute approximate surface area is 230 Å². The molecule has 0 amide bonds. The summed E-state index contributed by atoms with van der Waals surface area (Å²) in [6.45, 7) is 21.4. The molecular formula is C33H48O5. The molecule has 0 saturated carbocycles. The van der Waals surface area contributed by atoms with Crippen LogP contribution in [0.25, 0.3) is 0 Å². The fraction of sp³-hybridized carbons (Fsp3) is 0.455. The summed E-state index contributed by atoms with van der Waals surface area (Å²) in [4.78, 5) is 23.6. The first-order chi connectivity index (χ1) is 18.2. The van der Waals surface area contributed by atoms with E-state index in [-0.39, 0.29) is 24.2 Å². The lowest BCUT2D eigenvalue weighted by molar-refractivity contribution is -0.136. The lowest BCUT2D eigenvalue weighted by Gasteiger charge is -2.19. The Hall–Kier alpha value is -3.34. The second-order valence-corrected chi connectivity index (χ2v) is 8.93. The van der Waals surface area contributed by atoms with Crippen molar-refractivity contribution in [2.75, 3.05) is 6.61 Å². The van der Waals surface area contributed by atoms with Crippen molar-refractivity contribution in [3.63, 3.8) is 0 Å². The molecule has 0 aliphatic heterocycles. The first-order valence-electron chi connectivity index (χ1n) is 13.6. The molecule has 38 heavy (non-hydrogen) atoms. The minimum Gasteiger partial charge on any atom is -0.493 e. The molecule has 2 atom stereocenters. The van der Waals surface area contributed by atoms with Gasteiger partial charge in [-0.05, 0) is 74.6 Å². The van der Waals surface area contributed by atoms with Crippen molar-refractivity contribution in [1.82, 2.24) is 0 Å². The number of hydrogen-bond donors (Lipinski definition) is 1. The first-order valence-corrected chi connectivity index (χ1v) is 13.6. The second kappa shape index (κ2) is 19.7. The molecule has 0 bridgehead atoms. The highest BCUT2D eigenvalue weighted by Crippen LogP contribution is 2.26. The van der Waals surface area contributed by atoms with Crippen LogP contribution in [0, 0.1) is 12.8 Å². The molecule has 0 spiro atoms. The van der Waals surface area contributed by atoms with Gasteiger partial charge in [0.1, 0.15) is 11.5 Å². The number of benzene rings is 2. The Morgan fingerprint density at radius 2 is 1.71 bits per heavy atom. The van der Waals surface area contributed by atoms with E-state index in [4.69, 9.17) is 14.6 Å². The van der Waals surface area contributed by atoms with Crippen LogP contribution in [0.3, 0.4) is 0 Å². The molecule has 0 fully saturated rings. The predicted molar refractivity (Wildman–Crippen MR) is 159 cm³/mol. The van der Waals surface area contributed by atoms with E-state index in [0.717, 1.165) is 35.3 Å². The van der Waals surface area contributed by atoms with Gasteiger partial charge in [0.15, 0.2) is 5.78 Å². The molecular weight excluding hydrogens is 476 g/mol. The van der Waals surface area contributed by atoms with Crippen molar-refractivity contribution in [3.05, 3.63) is 84.0 Å². The van der Waals surface area contributed by atoms with E-state index in [1.807, 2.05) is 77.9 Å². The van der Waals surface area contributed by atoms with Gasteiger partial charge in [-0.2, -0.15) is 0 Å². The SMILES string of the molecule is C=CC.C=CC(C)C(=O)c1cc(CCC)ccc1OC(C)CCOc1ccc(CCC(=O)O)c(C)c1.CC. The van der Waals surface area contributed by atoms with Gasteiger partial charge in [-0.1, -0.05) is 58.4 Å². The van der Waals surface area contributed by atoms with Gasteiger partial charge < -0.3 is 14.6 Å². The van der Waals surface area contributed by atoms with Crippen LogP contribution in [0.1, 0.15) is 87.9 Å². The van der Waals surface area contributed by atoms with Crippen molar-refractivity contribution in [2.24, 2.45) is 5.92 Å². The predicted octanol–water partition coefficient (Wildman–Crippen LogP) is 8.42. The molecule has 210 valence electrons. The lowest BCUT2D eigenvalue weighted by atomic mass is 9.96. The van der Waals surface area contributed by atoms with Gasteiger partial charge in [0.25, 0.3) is 0 Å². The number of Topliss-reactive ketones (excluding diaryl/α,β-unsaturated/α-hetero) is 1. The van der Waals surface area contributed by atoms with Crippen LogP contribution in [0.15, 0.2) is 61.7 Å². The van der Waals surface area contributed by atoms with Crippen LogP contribution >= 0.6 is 0 Å². The summed E-state index contributed by atoms with van der Waals surface area (Å²) in [6, 6.07) is 11.6. The number of aryl methyl sites for hydroxylation is 3. The highest BCUT2D eigenvalue weighted by atomic mass is 16.5. The van der Waals surface area contributed by atoms with E-state index in [1.54, 1.807) is 12.2 Å². The molecule has 2 aromatic carbocycles. The Kier molecular flexibility index (Phi) is 18.0. The summed E-state index contributed by atoms with van der Waals surface area (Å²) in [5.74, 6) is 0.287. The smallest absolute Gasteiger partial charge is 0.303 e. The molecule has 5 nitrogen and oxygen atoms in total. The van der Waals surface area contributed by atoms with E-state index < -0.39 is 5.97 Å². The van der Waals surface area contributed by atoms with E-state index in [0.29, 0.717) is 30.8 Å². The largest absolute Gasteiger partial charge is 0.493 e. The van der Waals surface area contributed by atoms with Gasteiger partial charge >= 0.3 is 5.97 Å². The molecule has 0 heterocycles. The first kappa shape index (κ1) is 34.7. The van der Waals surface area contributed by atoms with Crippen LogP contribution in [0.2, 0.25) is 0 Å². The quantitative estimate of drug-likeness (QED) is 0.198. The van der Waals surface area contributed by atoms with Gasteiger partial charge in [0, 0.05) is 18.8 Å². The molecule has 0 aliphatic rings. The number of carbonyl (C=O) groups excluding carboxylic acids is 1. The van der Waals surface area contributed by atoms with Gasteiger partial charge in [-0.15, -0.1) is 13.2 Å². The summed E-state index contributed by atoms with van der Waals surface area (Å²) >= 11 is 0. The zero-order chi connectivity index (χ0) is 29.1. The van der Waals surface area contributed by atoms with Crippen molar-refractivity contribution in [1.29, 1.82) is 0 Å². The number of carboxylic acids is 1. The summed E-state index contributed by atoms with van der Waals surface area (Å²) < 4.78 is 12.0. The lowest BCUT2D eigenvalue weighted by Crippen LogP contribution is -2.19. The summed E-state index contributed by atoms with van der Waals surface area (Å²) in [7, 11) is 0. The van der Waals surface area contributed by atoms with Crippen molar-refractivity contribution in [3.8, 4) is 11.5 Å². The van der Waals surface area contributed by atoms with Crippen LogP contribution in [0.4, 0.5) is 0 Å². The Morgan fingerprint density at radius 3 is 2.26 bits per heavy atom. The average molecular weight is 525 g/mol. The van der Waals surface area contributed by atoms with Crippen LogP contribution < -0.4 is 9.47 Å². The van der Waals surface area contributed by atoms with Crippen molar-refractivity contribution >= 4 is 11.8 Å². The van der Waals surface area contributed by atoms with Crippen molar-refractivity contribution < 1.29 is 24.2 Å². The summed E-state index contributed by atoms with van der Waals surface area (Å²) in [5.41, 5.74) is 3.76. The van der Waals surface area contributed by atoms with Gasteiger partial charge in [0.05, 0.1) is 18.3 Å².